The Balaban J connectivity index is 1.11. The van der Waals surface area contributed by atoms with Crippen LogP contribution in [-0.2, 0) is 20.8 Å². The van der Waals surface area contributed by atoms with Crippen LogP contribution in [-0.4, -0.2) is 64.8 Å². The lowest BCUT2D eigenvalue weighted by Crippen LogP contribution is -2.46. The van der Waals surface area contributed by atoms with Crippen molar-refractivity contribution in [3.8, 4) is 5.75 Å². The Morgan fingerprint density at radius 1 is 1.09 bits per heavy atom. The van der Waals surface area contributed by atoms with E-state index in [1.165, 1.54) is 5.56 Å². The number of cyclic esters (lactones) is 1. The molecule has 228 valence electrons. The Morgan fingerprint density at radius 3 is 2.51 bits per heavy atom. The molecule has 0 bridgehead atoms. The summed E-state index contributed by atoms with van der Waals surface area (Å²) in [5.41, 5.74) is 2.69. The van der Waals surface area contributed by atoms with Gasteiger partial charge in [-0.1, -0.05) is 41.6 Å². The molecule has 3 heterocycles. The molecule has 5 rings (SSSR count). The van der Waals surface area contributed by atoms with Crippen LogP contribution in [0.15, 0.2) is 70.6 Å². The molecule has 2 aliphatic rings. The quantitative estimate of drug-likeness (QED) is 0.234. The van der Waals surface area contributed by atoms with Crippen molar-refractivity contribution in [3.63, 3.8) is 0 Å². The minimum Gasteiger partial charge on any atom is -0.482 e. The molecular weight excluding hydrogens is 586 g/mol. The van der Waals surface area contributed by atoms with E-state index in [9.17, 15) is 9.59 Å². The number of likely N-dealkylation sites (tertiary alicyclic amines) is 1. The van der Waals surface area contributed by atoms with Crippen molar-refractivity contribution in [1.82, 2.24) is 14.8 Å². The maximum atomic E-state index is 12.7. The molecule has 2 aliphatic heterocycles. The standard InChI is InChI=1S/C33H38ClN3O5S/c1-22-24(8-13-30(35-22)43-28-11-9-27(10-12-28)40-21-31(38)42-33(2,3)4)19-36-16-14-26(15-17-36)37-29(20-41-32(37)39)23-6-5-7-25(34)18-23/h5-13,18,26,29H,14-17,19-21H2,1-4H3. The summed E-state index contributed by atoms with van der Waals surface area (Å²) in [7, 11) is 0. The zero-order chi connectivity index (χ0) is 30.6. The van der Waals surface area contributed by atoms with Crippen LogP contribution in [0.25, 0.3) is 0 Å². The molecule has 0 spiro atoms. The first-order valence-corrected chi connectivity index (χ1v) is 15.8. The van der Waals surface area contributed by atoms with Crippen LogP contribution in [0.1, 0.15) is 56.5 Å². The second kappa shape index (κ2) is 13.6. The second-order valence-corrected chi connectivity index (χ2v) is 13.4. The van der Waals surface area contributed by atoms with Crippen LogP contribution < -0.4 is 4.74 Å². The predicted octanol–water partition coefficient (Wildman–Crippen LogP) is 7.07. The fraction of sp³-hybridized carbons (Fsp3) is 0.424. The number of aryl methyl sites for hydroxylation is 1. The highest BCUT2D eigenvalue weighted by Crippen LogP contribution is 2.34. The number of amides is 1. The van der Waals surface area contributed by atoms with Gasteiger partial charge >= 0.3 is 12.1 Å². The van der Waals surface area contributed by atoms with Crippen molar-refractivity contribution in [3.05, 3.63) is 82.5 Å². The van der Waals surface area contributed by atoms with Crippen LogP contribution in [0.2, 0.25) is 5.02 Å². The molecule has 43 heavy (non-hydrogen) atoms. The average molecular weight is 624 g/mol. The molecule has 0 N–H and O–H groups in total. The lowest BCUT2D eigenvalue weighted by Gasteiger charge is -2.38. The topological polar surface area (TPSA) is 81.2 Å². The van der Waals surface area contributed by atoms with Gasteiger partial charge in [-0.05, 0) is 94.1 Å². The van der Waals surface area contributed by atoms with Gasteiger partial charge in [0.1, 0.15) is 23.0 Å². The van der Waals surface area contributed by atoms with Gasteiger partial charge in [-0.15, -0.1) is 0 Å². The van der Waals surface area contributed by atoms with Crippen molar-refractivity contribution in [1.29, 1.82) is 0 Å². The molecule has 10 heteroatoms. The highest BCUT2D eigenvalue weighted by Gasteiger charge is 2.40. The number of ether oxygens (including phenoxy) is 3. The Bertz CT molecular complexity index is 1440. The number of carbonyl (C=O) groups is 2. The first kappa shape index (κ1) is 31.2. The van der Waals surface area contributed by atoms with Crippen LogP contribution in [0.3, 0.4) is 0 Å². The minimum atomic E-state index is -0.536. The fourth-order valence-corrected chi connectivity index (χ4v) is 6.46. The van der Waals surface area contributed by atoms with E-state index in [0.717, 1.165) is 53.7 Å². The van der Waals surface area contributed by atoms with Crippen molar-refractivity contribution in [2.45, 2.75) is 74.7 Å². The largest absolute Gasteiger partial charge is 0.482 e. The summed E-state index contributed by atoms with van der Waals surface area (Å²) >= 11 is 7.80. The third kappa shape index (κ3) is 8.43. The number of pyridine rings is 1. The van der Waals surface area contributed by atoms with Gasteiger partial charge in [-0.3, -0.25) is 9.80 Å². The number of nitrogens with zero attached hydrogens (tertiary/aromatic N) is 3. The number of esters is 1. The smallest absolute Gasteiger partial charge is 0.410 e. The zero-order valence-corrected chi connectivity index (χ0v) is 26.6. The van der Waals surface area contributed by atoms with E-state index in [1.54, 1.807) is 11.8 Å². The fourth-order valence-electron chi connectivity index (χ4n) is 5.43. The highest BCUT2D eigenvalue weighted by atomic mass is 35.5. The van der Waals surface area contributed by atoms with Crippen LogP contribution in [0.4, 0.5) is 4.79 Å². The molecule has 0 aliphatic carbocycles. The van der Waals surface area contributed by atoms with Gasteiger partial charge < -0.3 is 14.2 Å². The van der Waals surface area contributed by atoms with E-state index in [4.69, 9.17) is 30.8 Å². The third-order valence-corrected chi connectivity index (χ3v) is 8.66. The molecule has 1 aromatic heterocycles. The SMILES string of the molecule is Cc1nc(Sc2ccc(OCC(=O)OC(C)(C)C)cc2)ccc1CN1CCC(N2C(=O)OCC2c2cccc(Cl)c2)CC1. The molecular formula is C33H38ClN3O5S. The molecule has 1 atom stereocenters. The number of aromatic nitrogens is 1. The first-order chi connectivity index (χ1) is 20.5. The van der Waals surface area contributed by atoms with E-state index in [0.29, 0.717) is 17.4 Å². The normalized spacial score (nSPS) is 18.0. The highest BCUT2D eigenvalue weighted by molar-refractivity contribution is 7.99. The Hall–Kier alpha value is -3.27. The summed E-state index contributed by atoms with van der Waals surface area (Å²) < 4.78 is 16.3. The van der Waals surface area contributed by atoms with Crippen LogP contribution in [0, 0.1) is 6.92 Å². The van der Waals surface area contributed by atoms with Crippen molar-refractivity contribution in [2.24, 2.45) is 0 Å². The molecule has 2 aromatic carbocycles. The average Bonchev–Trinajstić information content (AvgIpc) is 3.35. The molecule has 0 radical (unpaired) electrons. The number of carbonyl (C=O) groups excluding carboxylic acids is 2. The number of rotatable bonds is 9. The summed E-state index contributed by atoms with van der Waals surface area (Å²) in [6, 6.07) is 19.6. The molecule has 2 saturated heterocycles. The first-order valence-electron chi connectivity index (χ1n) is 14.6. The number of halogens is 1. The molecule has 8 nitrogen and oxygen atoms in total. The van der Waals surface area contributed by atoms with E-state index < -0.39 is 11.6 Å². The number of hydrogen-bond acceptors (Lipinski definition) is 8. The van der Waals surface area contributed by atoms with Gasteiger partial charge in [0.25, 0.3) is 0 Å². The lowest BCUT2D eigenvalue weighted by atomic mass is 9.98. The molecule has 0 saturated carbocycles. The molecule has 1 unspecified atom stereocenters. The third-order valence-electron chi connectivity index (χ3n) is 7.48. The van der Waals surface area contributed by atoms with Gasteiger partial charge in [0.2, 0.25) is 0 Å². The second-order valence-electron chi connectivity index (χ2n) is 11.9. The molecule has 3 aromatic rings. The number of piperidine rings is 1. The van der Waals surface area contributed by atoms with Crippen LogP contribution in [0.5, 0.6) is 5.75 Å². The van der Waals surface area contributed by atoms with E-state index in [2.05, 4.69) is 24.0 Å². The maximum absolute atomic E-state index is 12.7. The van der Waals surface area contributed by atoms with Crippen molar-refractivity contribution < 1.29 is 23.8 Å². The lowest BCUT2D eigenvalue weighted by molar-refractivity contribution is -0.157. The summed E-state index contributed by atoms with van der Waals surface area (Å²) in [6.07, 6.45) is 1.55. The number of benzene rings is 2. The zero-order valence-electron chi connectivity index (χ0n) is 25.0. The minimum absolute atomic E-state index is 0.0970. The van der Waals surface area contributed by atoms with Crippen molar-refractivity contribution in [2.75, 3.05) is 26.3 Å². The van der Waals surface area contributed by atoms with Gasteiger partial charge in [0, 0.05) is 41.3 Å². The summed E-state index contributed by atoms with van der Waals surface area (Å²) in [5.74, 6) is 0.217. The summed E-state index contributed by atoms with van der Waals surface area (Å²) in [4.78, 5) is 34.8. The van der Waals surface area contributed by atoms with Gasteiger partial charge in [0.05, 0.1) is 6.04 Å². The van der Waals surface area contributed by atoms with Gasteiger partial charge in [0.15, 0.2) is 6.61 Å². The van der Waals surface area contributed by atoms with Gasteiger partial charge in [-0.25, -0.2) is 14.6 Å². The summed E-state index contributed by atoms with van der Waals surface area (Å²) in [5, 5.41) is 1.58. The molecule has 2 fully saturated rings. The van der Waals surface area contributed by atoms with E-state index >= 15 is 0 Å². The Kier molecular flexibility index (Phi) is 9.84. The van der Waals surface area contributed by atoms with Gasteiger partial charge in [-0.2, -0.15) is 0 Å². The predicted molar refractivity (Wildman–Crippen MR) is 167 cm³/mol. The maximum Gasteiger partial charge on any atom is 0.410 e. The van der Waals surface area contributed by atoms with Crippen molar-refractivity contribution >= 4 is 35.4 Å². The Morgan fingerprint density at radius 2 is 1.84 bits per heavy atom. The van der Waals surface area contributed by atoms with Crippen LogP contribution >= 0.6 is 23.4 Å². The molecule has 1 amide bonds. The summed E-state index contributed by atoms with van der Waals surface area (Å²) in [6.45, 7) is 10.4. The Labute approximate surface area is 262 Å². The number of hydrogen-bond donors (Lipinski definition) is 0. The van der Waals surface area contributed by atoms with E-state index in [-0.39, 0.29) is 24.8 Å². The van der Waals surface area contributed by atoms with E-state index in [1.807, 2.05) is 74.2 Å². The monoisotopic (exact) mass is 623 g/mol.